The van der Waals surface area contributed by atoms with E-state index in [0.717, 1.165) is 68.3 Å². The monoisotopic (exact) mass is 500 g/mol. The highest BCUT2D eigenvalue weighted by molar-refractivity contribution is 6.10. The third-order valence-corrected chi connectivity index (χ3v) is 6.59. The lowest BCUT2D eigenvalue weighted by Gasteiger charge is -2.15. The molecule has 0 saturated heterocycles. The molecule has 3 aromatic rings. The first-order chi connectivity index (χ1) is 17.8. The molecule has 3 aromatic carbocycles. The molecule has 0 aliphatic heterocycles. The van der Waals surface area contributed by atoms with E-state index < -0.39 is 0 Å². The maximum Gasteiger partial charge on any atom is 0.228 e. The zero-order valence-corrected chi connectivity index (χ0v) is 22.0. The van der Waals surface area contributed by atoms with Gasteiger partial charge in [-0.15, -0.1) is 0 Å². The van der Waals surface area contributed by atoms with E-state index in [0.29, 0.717) is 6.54 Å². The molecule has 6 heteroatoms. The second-order valence-corrected chi connectivity index (χ2v) is 9.13. The molecule has 1 aliphatic rings. The van der Waals surface area contributed by atoms with Crippen molar-refractivity contribution in [2.24, 2.45) is 0 Å². The Morgan fingerprint density at radius 3 is 2.35 bits per heavy atom. The van der Waals surface area contributed by atoms with Crippen LogP contribution >= 0.6 is 0 Å². The zero-order chi connectivity index (χ0) is 26.5. The van der Waals surface area contributed by atoms with Crippen LogP contribution in [0, 0.1) is 12.7 Å². The highest BCUT2D eigenvalue weighted by atomic mass is 19.1. The van der Waals surface area contributed by atoms with Crippen molar-refractivity contribution in [2.45, 2.75) is 33.7 Å². The SMILES string of the molecule is CCNCc1c(OC)cc(/C=C2/C(C)=C(CC(=O)Nc3cccc(C)c3)c3cc(F)ccc32)cc1OC. The van der Waals surface area contributed by atoms with Gasteiger partial charge in [0.1, 0.15) is 17.3 Å². The van der Waals surface area contributed by atoms with E-state index in [2.05, 4.69) is 10.6 Å². The van der Waals surface area contributed by atoms with Gasteiger partial charge in [0.15, 0.2) is 0 Å². The largest absolute Gasteiger partial charge is 0.496 e. The van der Waals surface area contributed by atoms with E-state index in [1.165, 1.54) is 12.1 Å². The Balaban J connectivity index is 1.73. The lowest BCUT2D eigenvalue weighted by molar-refractivity contribution is -0.115. The number of anilines is 1. The van der Waals surface area contributed by atoms with Gasteiger partial charge in [-0.1, -0.05) is 25.1 Å². The van der Waals surface area contributed by atoms with Crippen LogP contribution in [-0.2, 0) is 11.3 Å². The number of ether oxygens (including phenoxy) is 2. The van der Waals surface area contributed by atoms with Crippen molar-refractivity contribution in [3.63, 3.8) is 0 Å². The minimum atomic E-state index is -0.333. The summed E-state index contributed by atoms with van der Waals surface area (Å²) in [6.45, 7) is 7.46. The van der Waals surface area contributed by atoms with Crippen LogP contribution in [0.25, 0.3) is 17.2 Å². The number of aryl methyl sites for hydroxylation is 1. The number of hydrogen-bond donors (Lipinski definition) is 2. The molecule has 0 atom stereocenters. The Bertz CT molecular complexity index is 1370. The molecule has 37 heavy (non-hydrogen) atoms. The Hall–Kier alpha value is -3.90. The number of carbonyl (C=O) groups is 1. The predicted molar refractivity (Wildman–Crippen MR) is 148 cm³/mol. The molecule has 1 amide bonds. The maximum atomic E-state index is 14.3. The van der Waals surface area contributed by atoms with Crippen LogP contribution in [0.4, 0.5) is 10.1 Å². The number of nitrogens with one attached hydrogen (secondary N) is 2. The molecule has 5 nitrogen and oxygen atoms in total. The average Bonchev–Trinajstić information content (AvgIpc) is 3.12. The summed E-state index contributed by atoms with van der Waals surface area (Å²) in [5.41, 5.74) is 7.98. The van der Waals surface area contributed by atoms with E-state index in [9.17, 15) is 9.18 Å². The molecule has 0 fully saturated rings. The third kappa shape index (κ3) is 5.75. The second-order valence-electron chi connectivity index (χ2n) is 9.13. The molecule has 0 aromatic heterocycles. The summed E-state index contributed by atoms with van der Waals surface area (Å²) in [6.07, 6.45) is 2.18. The summed E-state index contributed by atoms with van der Waals surface area (Å²) < 4.78 is 25.7. The fourth-order valence-corrected chi connectivity index (χ4v) is 4.75. The number of fused-ring (bicyclic) bond motifs is 1. The molecule has 0 unspecified atom stereocenters. The first kappa shape index (κ1) is 26.2. The number of methoxy groups -OCH3 is 2. The van der Waals surface area contributed by atoms with Crippen LogP contribution in [0.3, 0.4) is 0 Å². The number of halogens is 1. The first-order valence-electron chi connectivity index (χ1n) is 12.4. The van der Waals surface area contributed by atoms with Gasteiger partial charge in [0.05, 0.1) is 20.6 Å². The van der Waals surface area contributed by atoms with Gasteiger partial charge in [0.2, 0.25) is 5.91 Å². The lowest BCUT2D eigenvalue weighted by atomic mass is 9.99. The van der Waals surface area contributed by atoms with Crippen molar-refractivity contribution in [3.05, 3.63) is 93.8 Å². The van der Waals surface area contributed by atoms with Gasteiger partial charge in [-0.2, -0.15) is 0 Å². The fourth-order valence-electron chi connectivity index (χ4n) is 4.75. The normalized spacial score (nSPS) is 13.6. The molecule has 2 N–H and O–H groups in total. The van der Waals surface area contributed by atoms with Gasteiger partial charge in [-0.3, -0.25) is 4.79 Å². The Morgan fingerprint density at radius 1 is 0.973 bits per heavy atom. The van der Waals surface area contributed by atoms with E-state index in [-0.39, 0.29) is 18.1 Å². The van der Waals surface area contributed by atoms with Crippen LogP contribution in [0.15, 0.2) is 60.2 Å². The molecule has 4 rings (SSSR count). The van der Waals surface area contributed by atoms with Gasteiger partial charge in [0, 0.05) is 17.8 Å². The van der Waals surface area contributed by atoms with Gasteiger partial charge in [0.25, 0.3) is 0 Å². The summed E-state index contributed by atoms with van der Waals surface area (Å²) in [5, 5.41) is 6.29. The van der Waals surface area contributed by atoms with Crippen molar-refractivity contribution in [2.75, 3.05) is 26.1 Å². The topological polar surface area (TPSA) is 59.6 Å². The van der Waals surface area contributed by atoms with Crippen LogP contribution in [-0.4, -0.2) is 26.7 Å². The number of allylic oxidation sites excluding steroid dienone is 2. The van der Waals surface area contributed by atoms with Gasteiger partial charge in [-0.25, -0.2) is 4.39 Å². The number of rotatable bonds is 9. The summed E-state index contributed by atoms with van der Waals surface area (Å²) in [4.78, 5) is 13.0. The zero-order valence-electron chi connectivity index (χ0n) is 22.0. The average molecular weight is 501 g/mol. The Kier molecular flexibility index (Phi) is 8.09. The molecular weight excluding hydrogens is 467 g/mol. The Morgan fingerprint density at radius 2 is 1.70 bits per heavy atom. The third-order valence-electron chi connectivity index (χ3n) is 6.59. The van der Waals surface area contributed by atoms with Crippen LogP contribution in [0.2, 0.25) is 0 Å². The van der Waals surface area contributed by atoms with Crippen molar-refractivity contribution < 1.29 is 18.7 Å². The van der Waals surface area contributed by atoms with Gasteiger partial charge in [-0.05, 0) is 102 Å². The van der Waals surface area contributed by atoms with Crippen LogP contribution < -0.4 is 20.1 Å². The minimum absolute atomic E-state index is 0.141. The maximum absolute atomic E-state index is 14.3. The molecule has 0 saturated carbocycles. The second kappa shape index (κ2) is 11.4. The van der Waals surface area contributed by atoms with Crippen LogP contribution in [0.1, 0.15) is 48.1 Å². The molecule has 0 bridgehead atoms. The number of carbonyl (C=O) groups excluding carboxylic acids is 1. The number of hydrogen-bond acceptors (Lipinski definition) is 4. The van der Waals surface area contributed by atoms with E-state index >= 15 is 0 Å². The van der Waals surface area contributed by atoms with Crippen LogP contribution in [0.5, 0.6) is 11.5 Å². The molecule has 192 valence electrons. The van der Waals surface area contributed by atoms with Crippen molar-refractivity contribution in [3.8, 4) is 11.5 Å². The lowest BCUT2D eigenvalue weighted by Crippen LogP contribution is -2.13. The molecule has 0 heterocycles. The minimum Gasteiger partial charge on any atom is -0.496 e. The van der Waals surface area contributed by atoms with Crippen molar-refractivity contribution in [1.29, 1.82) is 0 Å². The van der Waals surface area contributed by atoms with Gasteiger partial charge >= 0.3 is 0 Å². The first-order valence-corrected chi connectivity index (χ1v) is 12.4. The number of benzene rings is 3. The highest BCUT2D eigenvalue weighted by Gasteiger charge is 2.26. The highest BCUT2D eigenvalue weighted by Crippen LogP contribution is 2.44. The summed E-state index contributed by atoms with van der Waals surface area (Å²) in [7, 11) is 3.29. The summed E-state index contributed by atoms with van der Waals surface area (Å²) in [6, 6.07) is 16.4. The molecule has 0 radical (unpaired) electrons. The van der Waals surface area contributed by atoms with Crippen molar-refractivity contribution >= 4 is 28.8 Å². The predicted octanol–water partition coefficient (Wildman–Crippen LogP) is 6.62. The summed E-state index contributed by atoms with van der Waals surface area (Å²) >= 11 is 0. The van der Waals surface area contributed by atoms with Crippen molar-refractivity contribution in [1.82, 2.24) is 5.32 Å². The molecule has 0 spiro atoms. The summed E-state index contributed by atoms with van der Waals surface area (Å²) in [5.74, 6) is 0.973. The van der Waals surface area contributed by atoms with E-state index in [1.807, 2.05) is 63.2 Å². The smallest absolute Gasteiger partial charge is 0.228 e. The van der Waals surface area contributed by atoms with Gasteiger partial charge < -0.3 is 20.1 Å². The Labute approximate surface area is 218 Å². The standard InChI is InChI=1S/C31H33FN2O3/c1-6-33-18-28-29(36-4)14-21(15-30(28)37-5)13-25-20(3)26(27-16-22(32)10-11-24(25)27)17-31(35)34-23-9-7-8-19(2)12-23/h7-16,33H,6,17-18H2,1-5H3,(H,34,35)/b25-13-. The molecular formula is C31H33FN2O3. The van der Waals surface area contributed by atoms with E-state index in [4.69, 9.17) is 9.47 Å². The quantitative estimate of drug-likeness (QED) is 0.347. The number of amides is 1. The molecule has 1 aliphatic carbocycles. The fraction of sp³-hybridized carbons (Fsp3) is 0.258. The van der Waals surface area contributed by atoms with E-state index in [1.54, 1.807) is 20.3 Å².